The van der Waals surface area contributed by atoms with Crippen molar-refractivity contribution >= 4 is 17.5 Å². The predicted molar refractivity (Wildman–Crippen MR) is 198 cm³/mol. The highest BCUT2D eigenvalue weighted by Crippen LogP contribution is 2.39. The molecule has 3 N–H and O–H groups in total. The van der Waals surface area contributed by atoms with Crippen molar-refractivity contribution in [2.75, 3.05) is 31.1 Å². The normalized spacial score (nSPS) is 20.7. The van der Waals surface area contributed by atoms with E-state index < -0.39 is 18.2 Å². The summed E-state index contributed by atoms with van der Waals surface area (Å²) in [6, 6.07) is 13.8. The number of hydrogen-bond acceptors (Lipinski definition) is 8. The fraction of sp³-hybridized carbons (Fsp3) is 0.561. The number of hydrogen-bond donors (Lipinski definition) is 3. The molecule has 2 amide bonds. The van der Waals surface area contributed by atoms with Gasteiger partial charge in [0.25, 0.3) is 5.91 Å². The Bertz CT molecular complexity index is 1560. The molecule has 10 heteroatoms. The number of ether oxygens (including phenoxy) is 1. The molecule has 1 aromatic heterocycles. The third-order valence-electron chi connectivity index (χ3n) is 11.2. The quantitative estimate of drug-likeness (QED) is 0.190. The van der Waals surface area contributed by atoms with Gasteiger partial charge in [0.15, 0.2) is 12.1 Å². The third-order valence-corrected chi connectivity index (χ3v) is 11.2. The smallest absolute Gasteiger partial charge is 0.251 e. The zero-order valence-corrected chi connectivity index (χ0v) is 30.4. The summed E-state index contributed by atoms with van der Waals surface area (Å²) in [5.41, 5.74) is 3.24. The van der Waals surface area contributed by atoms with Gasteiger partial charge in [-0.1, -0.05) is 56.9 Å². The second-order valence-corrected chi connectivity index (χ2v) is 15.2. The zero-order valence-electron chi connectivity index (χ0n) is 30.4. The van der Waals surface area contributed by atoms with Gasteiger partial charge in [-0.3, -0.25) is 9.59 Å². The Morgan fingerprint density at radius 2 is 1.51 bits per heavy atom. The molecule has 0 spiro atoms. The van der Waals surface area contributed by atoms with Crippen LogP contribution in [-0.2, 0) is 11.2 Å². The summed E-state index contributed by atoms with van der Waals surface area (Å²) in [5.74, 6) is 2.99. The van der Waals surface area contributed by atoms with Gasteiger partial charge in [-0.05, 0) is 87.1 Å². The number of benzene rings is 2. The maximum atomic E-state index is 13.5. The van der Waals surface area contributed by atoms with Crippen LogP contribution in [-0.4, -0.2) is 81.5 Å². The van der Waals surface area contributed by atoms with Crippen LogP contribution in [0.25, 0.3) is 11.4 Å². The Morgan fingerprint density at radius 1 is 0.882 bits per heavy atom. The second kappa shape index (κ2) is 17.0. The van der Waals surface area contributed by atoms with Crippen LogP contribution in [0.5, 0.6) is 5.75 Å². The van der Waals surface area contributed by atoms with E-state index in [2.05, 4.69) is 17.1 Å². The van der Waals surface area contributed by atoms with E-state index in [1.54, 1.807) is 29.2 Å². The summed E-state index contributed by atoms with van der Waals surface area (Å²) in [4.78, 5) is 40.2. The van der Waals surface area contributed by atoms with Crippen LogP contribution in [0.4, 0.5) is 5.69 Å². The maximum Gasteiger partial charge on any atom is 0.251 e. The number of aliphatic hydroxyl groups excluding tert-OH is 1. The monoisotopic (exact) mass is 697 g/mol. The summed E-state index contributed by atoms with van der Waals surface area (Å²) < 4.78 is 5.69. The van der Waals surface area contributed by atoms with Crippen LogP contribution in [0.2, 0.25) is 0 Å². The summed E-state index contributed by atoms with van der Waals surface area (Å²) >= 11 is 0. The Morgan fingerprint density at radius 3 is 2.10 bits per heavy atom. The fourth-order valence-electron chi connectivity index (χ4n) is 8.15. The highest BCUT2D eigenvalue weighted by atomic mass is 16.5. The van der Waals surface area contributed by atoms with Gasteiger partial charge in [-0.15, -0.1) is 0 Å². The Kier molecular flexibility index (Phi) is 12.3. The number of carbonyl (C=O) groups excluding carboxylic acids is 2. The summed E-state index contributed by atoms with van der Waals surface area (Å²) in [7, 11) is 0. The van der Waals surface area contributed by atoms with Crippen LogP contribution in [0.1, 0.15) is 88.1 Å². The molecule has 0 radical (unpaired) electrons. The Balaban J connectivity index is 1.05. The molecule has 51 heavy (non-hydrogen) atoms. The first-order chi connectivity index (χ1) is 24.7. The van der Waals surface area contributed by atoms with E-state index in [4.69, 9.17) is 14.7 Å². The van der Waals surface area contributed by atoms with Crippen molar-refractivity contribution in [2.45, 2.75) is 97.0 Å². The number of nitrogens with zero attached hydrogens (tertiary/aromatic N) is 4. The number of piperidine rings is 1. The van der Waals surface area contributed by atoms with Gasteiger partial charge in [-0.2, -0.15) is 0 Å². The molecule has 1 atom stereocenters. The number of nitrogens with one attached hydrogen (secondary N) is 1. The number of carbonyl (C=O) groups is 2. The number of aliphatic hydroxyl groups is 2. The predicted octanol–water partition coefficient (Wildman–Crippen LogP) is 5.86. The Labute approximate surface area is 302 Å². The Hall–Kier alpha value is -4.02. The number of rotatable bonds is 13. The second-order valence-electron chi connectivity index (χ2n) is 15.2. The van der Waals surface area contributed by atoms with Crippen LogP contribution >= 0.6 is 0 Å². The van der Waals surface area contributed by atoms with E-state index in [9.17, 15) is 19.8 Å². The van der Waals surface area contributed by atoms with E-state index in [1.165, 1.54) is 51.4 Å². The first kappa shape index (κ1) is 36.8. The topological polar surface area (TPSA) is 128 Å². The van der Waals surface area contributed by atoms with Crippen molar-refractivity contribution in [2.24, 2.45) is 23.7 Å². The molecule has 3 heterocycles. The van der Waals surface area contributed by atoms with Crippen LogP contribution in [0, 0.1) is 23.7 Å². The van der Waals surface area contributed by atoms with E-state index in [0.29, 0.717) is 17.1 Å². The fourth-order valence-corrected chi connectivity index (χ4v) is 8.15. The van der Waals surface area contributed by atoms with Gasteiger partial charge in [0.1, 0.15) is 11.8 Å². The molecule has 2 saturated heterocycles. The average molecular weight is 698 g/mol. The third kappa shape index (κ3) is 9.46. The summed E-state index contributed by atoms with van der Waals surface area (Å²) in [6.45, 7) is 8.76. The van der Waals surface area contributed by atoms with Crippen LogP contribution < -0.4 is 15.0 Å². The molecule has 10 nitrogen and oxygen atoms in total. The van der Waals surface area contributed by atoms with Gasteiger partial charge >= 0.3 is 0 Å². The van der Waals surface area contributed by atoms with Gasteiger partial charge in [0.2, 0.25) is 5.91 Å². The summed E-state index contributed by atoms with van der Waals surface area (Å²) in [6.07, 6.45) is 13.6. The lowest BCUT2D eigenvalue weighted by Gasteiger charge is -2.41. The lowest BCUT2D eigenvalue weighted by molar-refractivity contribution is -0.157. The molecular formula is C41H55N5O5. The van der Waals surface area contributed by atoms with E-state index >= 15 is 0 Å². The molecule has 274 valence electrons. The van der Waals surface area contributed by atoms with Crippen molar-refractivity contribution in [3.05, 3.63) is 72.1 Å². The molecule has 2 aromatic carbocycles. The van der Waals surface area contributed by atoms with Crippen LogP contribution in [0.15, 0.2) is 60.9 Å². The lowest BCUT2D eigenvalue weighted by atomic mass is 9.72. The molecule has 3 aliphatic rings. The van der Waals surface area contributed by atoms with E-state index in [-0.39, 0.29) is 37.4 Å². The molecule has 1 saturated carbocycles. The van der Waals surface area contributed by atoms with Gasteiger partial charge in [0, 0.05) is 49.6 Å². The molecule has 3 fully saturated rings. The molecule has 1 aliphatic carbocycles. The van der Waals surface area contributed by atoms with Crippen molar-refractivity contribution in [1.82, 2.24) is 20.2 Å². The lowest BCUT2D eigenvalue weighted by Crippen LogP contribution is -2.60. The molecule has 0 unspecified atom stereocenters. The first-order valence-corrected chi connectivity index (χ1v) is 19.1. The largest absolute Gasteiger partial charge is 0.491 e. The van der Waals surface area contributed by atoms with Crippen molar-refractivity contribution in [3.63, 3.8) is 0 Å². The molecule has 0 bridgehead atoms. The number of anilines is 1. The van der Waals surface area contributed by atoms with E-state index in [0.717, 1.165) is 47.7 Å². The molecule has 6 rings (SSSR count). The number of likely N-dealkylation sites (tertiary alicyclic amines) is 1. The highest BCUT2D eigenvalue weighted by Gasteiger charge is 2.38. The van der Waals surface area contributed by atoms with Crippen LogP contribution in [0.3, 0.4) is 0 Å². The first-order valence-electron chi connectivity index (χ1n) is 19.1. The van der Waals surface area contributed by atoms with E-state index in [1.807, 2.05) is 50.5 Å². The number of amides is 2. The minimum Gasteiger partial charge on any atom is -0.491 e. The minimum atomic E-state index is -1.48. The SMILES string of the molecule is CCCC1CCC(C2CCN(c3cnc(-c4ccc(C[C@H](NC(=O)c5ccc(OC(C)C)cc5)C(=O)N5CC(C(O)O)C5)cc4)nc3)CC2)CC1. The van der Waals surface area contributed by atoms with Gasteiger partial charge in [-0.25, -0.2) is 9.97 Å². The molecular weight excluding hydrogens is 642 g/mol. The van der Waals surface area contributed by atoms with Crippen molar-refractivity contribution in [3.8, 4) is 17.1 Å². The highest BCUT2D eigenvalue weighted by molar-refractivity contribution is 5.97. The maximum absolute atomic E-state index is 13.5. The minimum absolute atomic E-state index is 0.0131. The van der Waals surface area contributed by atoms with Gasteiger partial charge < -0.3 is 30.1 Å². The zero-order chi connectivity index (χ0) is 35.9. The van der Waals surface area contributed by atoms with Gasteiger partial charge in [0.05, 0.1) is 24.2 Å². The molecule has 2 aliphatic heterocycles. The van der Waals surface area contributed by atoms with Crippen molar-refractivity contribution in [1.29, 1.82) is 0 Å². The summed E-state index contributed by atoms with van der Waals surface area (Å²) in [5, 5.41) is 22.0. The average Bonchev–Trinajstić information content (AvgIpc) is 3.11. The standard InChI is InChI=1S/C41H55N5O5/c1-4-5-28-6-10-30(11-7-28)31-18-20-45(21-19-31)35-23-42-38(43-24-35)32-12-8-29(9-13-32)22-37(40(48)46-25-34(26-46)41(49)50)44-39(47)33-14-16-36(17-15-33)51-27(2)3/h8-9,12-17,23-24,27-28,30-31,34,37,41,49-50H,4-7,10-11,18-22,25-26H2,1-3H3,(H,44,47)/t28?,30?,37-/m0/s1. The van der Waals surface area contributed by atoms with Crippen molar-refractivity contribution < 1.29 is 24.5 Å². The number of aromatic nitrogens is 2. The molecule has 3 aromatic rings.